The second kappa shape index (κ2) is 6.65. The lowest BCUT2D eigenvalue weighted by Crippen LogP contribution is -2.37. The molecular weight excluding hydrogens is 270 g/mol. The molecular formula is C15H21N3O3. The van der Waals surface area contributed by atoms with Crippen LogP contribution in [0.15, 0.2) is 6.07 Å². The predicted octanol–water partition coefficient (Wildman–Crippen LogP) is 1.88. The van der Waals surface area contributed by atoms with Crippen molar-refractivity contribution in [1.29, 1.82) is 0 Å². The molecule has 0 bridgehead atoms. The van der Waals surface area contributed by atoms with E-state index in [0.29, 0.717) is 12.2 Å². The minimum Gasteiger partial charge on any atom is -0.481 e. The van der Waals surface area contributed by atoms with E-state index in [-0.39, 0.29) is 18.4 Å². The van der Waals surface area contributed by atoms with Gasteiger partial charge in [0.25, 0.3) is 0 Å². The zero-order valence-electron chi connectivity index (χ0n) is 12.5. The minimum atomic E-state index is -0.837. The average molecular weight is 291 g/mol. The highest BCUT2D eigenvalue weighted by Crippen LogP contribution is 2.30. The van der Waals surface area contributed by atoms with Gasteiger partial charge in [-0.1, -0.05) is 0 Å². The topological polar surface area (TPSA) is 83.4 Å². The fourth-order valence-corrected chi connectivity index (χ4v) is 2.80. The molecule has 0 aliphatic carbocycles. The lowest BCUT2D eigenvalue weighted by molar-refractivity contribution is -0.137. The fraction of sp³-hybridized carbons (Fsp3) is 0.600. The van der Waals surface area contributed by atoms with Gasteiger partial charge in [-0.3, -0.25) is 9.59 Å². The van der Waals surface area contributed by atoms with Gasteiger partial charge in [-0.25, -0.2) is 9.97 Å². The molecule has 1 N–H and O–H groups in total. The molecule has 1 fully saturated rings. The van der Waals surface area contributed by atoms with E-state index >= 15 is 0 Å². The minimum absolute atomic E-state index is 0.0125. The van der Waals surface area contributed by atoms with E-state index in [1.165, 1.54) is 0 Å². The van der Waals surface area contributed by atoms with Gasteiger partial charge in [-0.05, 0) is 32.3 Å². The van der Waals surface area contributed by atoms with E-state index in [2.05, 4.69) is 9.97 Å². The molecule has 1 amide bonds. The lowest BCUT2D eigenvalue weighted by atomic mass is 9.98. The first-order valence-corrected chi connectivity index (χ1v) is 7.31. The maximum absolute atomic E-state index is 11.8. The molecule has 0 spiro atoms. The summed E-state index contributed by atoms with van der Waals surface area (Å²) in [5.41, 5.74) is 1.56. The predicted molar refractivity (Wildman–Crippen MR) is 76.7 cm³/mol. The zero-order chi connectivity index (χ0) is 15.4. The second-order valence-corrected chi connectivity index (χ2v) is 5.45. The van der Waals surface area contributed by atoms with Gasteiger partial charge in [-0.2, -0.15) is 0 Å². The van der Waals surface area contributed by atoms with Crippen LogP contribution in [0.3, 0.4) is 0 Å². The van der Waals surface area contributed by atoms with Crippen LogP contribution in [-0.4, -0.2) is 38.4 Å². The number of carboxylic acids is 1. The van der Waals surface area contributed by atoms with Crippen LogP contribution in [0, 0.1) is 6.92 Å². The van der Waals surface area contributed by atoms with Gasteiger partial charge in [0.1, 0.15) is 5.82 Å². The molecule has 1 saturated heterocycles. The molecule has 1 aromatic heterocycles. The Labute approximate surface area is 124 Å². The summed E-state index contributed by atoms with van der Waals surface area (Å²) in [5.74, 6) is -0.152. The van der Waals surface area contributed by atoms with Gasteiger partial charge >= 0.3 is 5.97 Å². The highest BCUT2D eigenvalue weighted by atomic mass is 16.4. The average Bonchev–Trinajstić information content (AvgIpc) is 2.44. The molecule has 2 rings (SSSR count). The van der Waals surface area contributed by atoms with E-state index in [4.69, 9.17) is 5.11 Å². The number of rotatable bonds is 4. The molecule has 0 saturated carbocycles. The van der Waals surface area contributed by atoms with Crippen molar-refractivity contribution in [3.8, 4) is 0 Å². The van der Waals surface area contributed by atoms with Gasteiger partial charge < -0.3 is 10.0 Å². The Hall–Kier alpha value is -1.98. The normalized spacial score (nSPS) is 18.6. The molecule has 6 nitrogen and oxygen atoms in total. The Balaban J connectivity index is 2.24. The van der Waals surface area contributed by atoms with Crippen molar-refractivity contribution < 1.29 is 14.7 Å². The largest absolute Gasteiger partial charge is 0.481 e. The van der Waals surface area contributed by atoms with Crippen LogP contribution < -0.4 is 0 Å². The lowest BCUT2D eigenvalue weighted by Gasteiger charge is -2.34. The first-order valence-electron chi connectivity index (χ1n) is 7.31. The summed E-state index contributed by atoms with van der Waals surface area (Å²) in [6.07, 6.45) is 3.43. The monoisotopic (exact) mass is 291 g/mol. The van der Waals surface area contributed by atoms with Crippen LogP contribution in [0.5, 0.6) is 0 Å². The highest BCUT2D eigenvalue weighted by molar-refractivity contribution is 5.73. The number of amides is 1. The third-order valence-electron chi connectivity index (χ3n) is 3.75. The Kier molecular flexibility index (Phi) is 4.88. The Morgan fingerprint density at radius 1 is 1.38 bits per heavy atom. The van der Waals surface area contributed by atoms with E-state index in [1.807, 2.05) is 11.0 Å². The number of nitrogens with zero attached hydrogens (tertiary/aromatic N) is 3. The number of carbonyl (C=O) groups excluding carboxylic acids is 1. The highest BCUT2D eigenvalue weighted by Gasteiger charge is 2.27. The molecule has 21 heavy (non-hydrogen) atoms. The zero-order valence-corrected chi connectivity index (χ0v) is 12.5. The number of hydrogen-bond donors (Lipinski definition) is 1. The van der Waals surface area contributed by atoms with Crippen LogP contribution >= 0.6 is 0 Å². The van der Waals surface area contributed by atoms with Crippen molar-refractivity contribution in [2.45, 2.75) is 52.0 Å². The third-order valence-corrected chi connectivity index (χ3v) is 3.75. The summed E-state index contributed by atoms with van der Waals surface area (Å²) in [5, 5.41) is 8.78. The van der Waals surface area contributed by atoms with Crippen molar-refractivity contribution in [3.63, 3.8) is 0 Å². The molecule has 1 aromatic rings. The maximum atomic E-state index is 11.8. The number of aromatic nitrogens is 2. The molecule has 0 aromatic carbocycles. The van der Waals surface area contributed by atoms with Crippen LogP contribution in [0.25, 0.3) is 0 Å². The third kappa shape index (κ3) is 4.00. The Bertz CT molecular complexity index is 545. The van der Waals surface area contributed by atoms with E-state index < -0.39 is 5.97 Å². The smallest absolute Gasteiger partial charge is 0.303 e. The van der Waals surface area contributed by atoms with Crippen molar-refractivity contribution in [1.82, 2.24) is 14.9 Å². The van der Waals surface area contributed by atoms with E-state index in [1.54, 1.807) is 13.8 Å². The summed E-state index contributed by atoms with van der Waals surface area (Å²) in [7, 11) is 0. The molecule has 114 valence electrons. The maximum Gasteiger partial charge on any atom is 0.303 e. The second-order valence-electron chi connectivity index (χ2n) is 5.45. The van der Waals surface area contributed by atoms with Gasteiger partial charge in [0, 0.05) is 25.6 Å². The summed E-state index contributed by atoms with van der Waals surface area (Å²) in [6, 6.07) is 1.84. The summed E-state index contributed by atoms with van der Waals surface area (Å²) >= 11 is 0. The van der Waals surface area contributed by atoms with Crippen LogP contribution in [0.4, 0.5) is 0 Å². The molecule has 0 radical (unpaired) electrons. The number of hydrogen-bond acceptors (Lipinski definition) is 4. The van der Waals surface area contributed by atoms with Gasteiger partial charge in [0.15, 0.2) is 0 Å². The molecule has 1 aliphatic heterocycles. The molecule has 0 unspecified atom stereocenters. The van der Waals surface area contributed by atoms with E-state index in [0.717, 1.165) is 37.2 Å². The number of carbonyl (C=O) groups is 2. The number of likely N-dealkylation sites (tertiary alicyclic amines) is 1. The van der Waals surface area contributed by atoms with Gasteiger partial charge in [0.2, 0.25) is 5.91 Å². The number of aliphatic carboxylic acids is 1. The molecule has 6 heteroatoms. The van der Waals surface area contributed by atoms with Crippen molar-refractivity contribution in [2.24, 2.45) is 0 Å². The van der Waals surface area contributed by atoms with Crippen LogP contribution in [0.1, 0.15) is 55.9 Å². The first kappa shape index (κ1) is 15.4. The quantitative estimate of drug-likeness (QED) is 0.915. The van der Waals surface area contributed by atoms with Crippen molar-refractivity contribution >= 4 is 11.9 Å². The number of carboxylic acid groups (broad SMARTS) is 1. The van der Waals surface area contributed by atoms with Gasteiger partial charge in [-0.15, -0.1) is 0 Å². The molecule has 2 heterocycles. The molecule has 1 atom stereocenters. The Morgan fingerprint density at radius 3 is 2.81 bits per heavy atom. The first-order chi connectivity index (χ1) is 9.97. The van der Waals surface area contributed by atoms with Crippen molar-refractivity contribution in [3.05, 3.63) is 23.3 Å². The number of piperidine rings is 1. The van der Waals surface area contributed by atoms with Crippen molar-refractivity contribution in [2.75, 3.05) is 6.54 Å². The number of aryl methyl sites for hydroxylation is 2. The summed E-state index contributed by atoms with van der Waals surface area (Å²) in [4.78, 5) is 33.1. The summed E-state index contributed by atoms with van der Waals surface area (Å²) < 4.78 is 0. The SMILES string of the molecule is CC(=O)N1CCCC[C@H]1c1cc(CCC(=O)O)nc(C)n1. The van der Waals surface area contributed by atoms with Crippen LogP contribution in [-0.2, 0) is 16.0 Å². The fourth-order valence-electron chi connectivity index (χ4n) is 2.80. The molecule has 1 aliphatic rings. The Morgan fingerprint density at radius 2 is 2.14 bits per heavy atom. The van der Waals surface area contributed by atoms with Crippen LogP contribution in [0.2, 0.25) is 0 Å². The van der Waals surface area contributed by atoms with E-state index in [9.17, 15) is 9.59 Å². The summed E-state index contributed by atoms with van der Waals surface area (Å²) in [6.45, 7) is 4.14. The van der Waals surface area contributed by atoms with Gasteiger partial charge in [0.05, 0.1) is 18.2 Å². The standard InChI is InChI=1S/C15H21N3O3/c1-10-16-12(6-7-15(20)21)9-13(17-10)14-5-3-4-8-18(14)11(2)19/h9,14H,3-8H2,1-2H3,(H,20,21)/t14-/m0/s1.